The van der Waals surface area contributed by atoms with Crippen LogP contribution in [-0.4, -0.2) is 131 Å². The van der Waals surface area contributed by atoms with Gasteiger partial charge in [-0.2, -0.15) is 8.42 Å². The van der Waals surface area contributed by atoms with E-state index in [9.17, 15) is 53.4 Å². The van der Waals surface area contributed by atoms with Crippen LogP contribution < -0.4 is 4.74 Å². The minimum Gasteiger partial charge on any atom is -0.508 e. The Labute approximate surface area is 602 Å². The van der Waals surface area contributed by atoms with Crippen LogP contribution in [-0.2, 0) is 55.8 Å². The number of rotatable bonds is 13. The standard InChI is InChI=1S/C30H25N3O4.C19H15NO4.C11H12N2O.C10H10O2.C9H7NO3.H2O4S/c34-26-12-6-11-21-22(26)13-14-27(25(21)17-33-29(35)23-9-4-5-10-24(23)30(33)36)37-28(18-32-16-15-31-19-32)20-7-2-1-3-8-20;21-16-7-3-6-11-12(16)8-9-17(22)15(11)10-20-18(23)13-4-1-2-5-14(13)19(20)24;14-11(8-13-7-6-12-9-13)10-4-2-1-3-5-10;11-8-4-5-9-7(6-8)2-1-3-10(9)12;11-5-10-8(12)6-3-1-2-4-7(6)9(10)13;1-5(2,3)4/h1-5,7-10,13-16,19,28H,6,11-12,17-18H2;1-2,4-5,8-9,22H,3,6-7,10H2;1-7,9,11,14H,8H2;4-6,11H,1-3H2;1-4,11H,5H2;(H2,1,2,3,4)/t28-;;11-;;;/m1.0.../s1. The lowest BCUT2D eigenvalue weighted by molar-refractivity contribution is 0.0485. The van der Waals surface area contributed by atoms with E-state index in [1.807, 2.05) is 88.3 Å². The number of phenols is 2. The summed E-state index contributed by atoms with van der Waals surface area (Å²) in [5.41, 5.74) is 10.0. The molecule has 2 aromatic heterocycles. The van der Waals surface area contributed by atoms with Crippen LogP contribution in [0.2, 0.25) is 0 Å². The summed E-state index contributed by atoms with van der Waals surface area (Å²) in [7, 11) is -4.67. The van der Waals surface area contributed by atoms with E-state index < -0.39 is 35.0 Å². The smallest absolute Gasteiger partial charge is 0.394 e. The summed E-state index contributed by atoms with van der Waals surface area (Å²) in [6, 6.07) is 51.3. The SMILES string of the molecule is O=C1CCCc2c1ccc(O)c2CN1C(=O)c2ccccc2C1=O.O=C1CCCc2c1ccc(O[C@H](Cn1ccnc1)c1ccccc1)c2CN1C(=O)c2ccccc2C1=O.O=C1CCCc2cc(O)ccc21.O=C1c2ccccc2C(=O)N1CO.O=S(=O)(O)O.O[C@@H](Cn1ccnc1)c1ccccc1. The van der Waals surface area contributed by atoms with Gasteiger partial charge in [0.25, 0.3) is 35.4 Å². The van der Waals surface area contributed by atoms with E-state index in [0.717, 1.165) is 62.4 Å². The Morgan fingerprint density at radius 3 is 1.28 bits per heavy atom. The summed E-state index contributed by atoms with van der Waals surface area (Å²) in [4.78, 5) is 122. The highest BCUT2D eigenvalue weighted by molar-refractivity contribution is 7.79. The predicted octanol–water partition coefficient (Wildman–Crippen LogP) is 10.8. The van der Waals surface area contributed by atoms with Gasteiger partial charge >= 0.3 is 10.4 Å². The third-order valence-electron chi connectivity index (χ3n) is 18.2. The molecular formula is C79H71N7O18S. The number of aromatic hydroxyl groups is 2. The fourth-order valence-corrected chi connectivity index (χ4v) is 13.1. The molecule has 10 aromatic rings. The molecule has 0 saturated carbocycles. The first-order valence-electron chi connectivity index (χ1n) is 33.5. The van der Waals surface area contributed by atoms with Crippen LogP contribution in [0.1, 0.15) is 183 Å². The van der Waals surface area contributed by atoms with Crippen LogP contribution >= 0.6 is 0 Å². The molecule has 105 heavy (non-hydrogen) atoms. The fourth-order valence-electron chi connectivity index (χ4n) is 13.1. The number of ether oxygens (including phenoxy) is 1. The number of aliphatic hydroxyl groups is 2. The number of hydrogen-bond acceptors (Lipinski definition) is 18. The number of nitrogens with zero attached hydrogens (tertiary/aromatic N) is 7. The van der Waals surface area contributed by atoms with Gasteiger partial charge in [-0.25, -0.2) is 9.97 Å². The largest absolute Gasteiger partial charge is 0.508 e. The number of imide groups is 3. The summed E-state index contributed by atoms with van der Waals surface area (Å²) >= 11 is 0. The Morgan fingerprint density at radius 1 is 0.429 bits per heavy atom. The van der Waals surface area contributed by atoms with Gasteiger partial charge in [-0.15, -0.1) is 0 Å². The minimum absolute atomic E-state index is 0.0139. The van der Waals surface area contributed by atoms with Crippen molar-refractivity contribution in [2.24, 2.45) is 0 Å². The van der Waals surface area contributed by atoms with E-state index >= 15 is 0 Å². The average molecular weight is 1440 g/mol. The number of ketones is 3. The Kier molecular flexibility index (Phi) is 23.5. The quantitative estimate of drug-likeness (QED) is 0.0461. The first kappa shape index (κ1) is 74.0. The number of aromatic nitrogens is 4. The molecule has 0 fully saturated rings. The number of amides is 6. The molecule has 3 aliphatic heterocycles. The second-order valence-electron chi connectivity index (χ2n) is 24.9. The molecule has 0 radical (unpaired) electrons. The maximum Gasteiger partial charge on any atom is 0.394 e. The summed E-state index contributed by atoms with van der Waals surface area (Å²) in [5, 5.41) is 38.0. The molecule has 25 nitrogen and oxygen atoms in total. The number of aryl methyl sites for hydroxylation is 1. The van der Waals surface area contributed by atoms with Gasteiger partial charge in [-0.1, -0.05) is 97.1 Å². The minimum atomic E-state index is -4.67. The van der Waals surface area contributed by atoms with Crippen LogP contribution in [0.4, 0.5) is 0 Å². The normalized spacial score (nSPS) is 15.1. The van der Waals surface area contributed by atoms with Gasteiger partial charge in [0.2, 0.25) is 0 Å². The Balaban J connectivity index is 0.000000139. The van der Waals surface area contributed by atoms with Gasteiger partial charge in [0.1, 0.15) is 30.1 Å². The van der Waals surface area contributed by atoms with Crippen molar-refractivity contribution < 1.29 is 85.8 Å². The molecule has 0 saturated heterocycles. The van der Waals surface area contributed by atoms with Crippen LogP contribution in [0.25, 0.3) is 0 Å². The van der Waals surface area contributed by atoms with Gasteiger partial charge in [0.05, 0.1) is 78.3 Å². The van der Waals surface area contributed by atoms with Crippen molar-refractivity contribution in [2.45, 2.75) is 96.2 Å². The van der Waals surface area contributed by atoms with Crippen molar-refractivity contribution in [3.8, 4) is 17.2 Å². The van der Waals surface area contributed by atoms with E-state index in [1.54, 1.807) is 128 Å². The monoisotopic (exact) mass is 1440 g/mol. The summed E-state index contributed by atoms with van der Waals surface area (Å²) in [5.74, 6) is -1.09. The summed E-state index contributed by atoms with van der Waals surface area (Å²) < 4.78 is 42.0. The zero-order chi connectivity index (χ0) is 74.5. The number of fused-ring (bicyclic) bond motifs is 6. The first-order valence-corrected chi connectivity index (χ1v) is 34.9. The van der Waals surface area contributed by atoms with Crippen LogP contribution in [0.15, 0.2) is 213 Å². The number of carbonyl (C=O) groups excluding carboxylic acids is 9. The molecule has 5 heterocycles. The molecule has 8 aromatic carbocycles. The maximum atomic E-state index is 13.2. The molecule has 536 valence electrons. The van der Waals surface area contributed by atoms with Crippen LogP contribution in [0.5, 0.6) is 17.2 Å². The van der Waals surface area contributed by atoms with E-state index in [4.69, 9.17) is 32.5 Å². The first-order chi connectivity index (χ1) is 50.6. The van der Waals surface area contributed by atoms with Crippen LogP contribution in [0, 0.1) is 0 Å². The van der Waals surface area contributed by atoms with Crippen molar-refractivity contribution in [3.05, 3.63) is 302 Å². The van der Waals surface area contributed by atoms with E-state index in [1.165, 1.54) is 11.0 Å². The molecule has 6 amide bonds. The Morgan fingerprint density at radius 2 is 0.819 bits per heavy atom. The summed E-state index contributed by atoms with van der Waals surface area (Å²) in [6.45, 7) is 0.530. The Bertz CT molecular complexity index is 4940. The van der Waals surface area contributed by atoms with E-state index in [-0.39, 0.29) is 71.7 Å². The van der Waals surface area contributed by atoms with E-state index in [2.05, 4.69) is 9.97 Å². The highest BCUT2D eigenvalue weighted by Crippen LogP contribution is 2.38. The highest BCUT2D eigenvalue weighted by atomic mass is 32.3. The lowest BCUT2D eigenvalue weighted by Gasteiger charge is -2.27. The molecule has 0 bridgehead atoms. The molecule has 3 aliphatic carbocycles. The molecule has 6 N–H and O–H groups in total. The zero-order valence-electron chi connectivity index (χ0n) is 56.4. The summed E-state index contributed by atoms with van der Waals surface area (Å²) in [6.07, 6.45) is 16.0. The third-order valence-corrected chi connectivity index (χ3v) is 18.2. The van der Waals surface area contributed by atoms with Crippen molar-refractivity contribution in [1.29, 1.82) is 0 Å². The molecule has 2 atom stereocenters. The topological polar surface area (TPSA) is 364 Å². The van der Waals surface area contributed by atoms with Gasteiger partial charge in [-0.05, 0) is 145 Å². The fraction of sp³-hybridized carbons (Fsp3) is 0.203. The lowest BCUT2D eigenvalue weighted by Crippen LogP contribution is -2.30. The second-order valence-corrected chi connectivity index (χ2v) is 25.8. The number of imidazole rings is 2. The van der Waals surface area contributed by atoms with Crippen molar-refractivity contribution >= 4 is 63.2 Å². The lowest BCUT2D eigenvalue weighted by atomic mass is 9.86. The van der Waals surface area contributed by atoms with Crippen molar-refractivity contribution in [1.82, 2.24) is 33.8 Å². The number of hydrogen-bond donors (Lipinski definition) is 6. The van der Waals surface area contributed by atoms with Gasteiger partial charge < -0.3 is 34.3 Å². The predicted molar refractivity (Wildman–Crippen MR) is 380 cm³/mol. The molecule has 6 aliphatic rings. The molecule has 0 unspecified atom stereocenters. The number of benzene rings is 8. The van der Waals surface area contributed by atoms with Gasteiger partial charge in [0, 0.05) is 71.9 Å². The van der Waals surface area contributed by atoms with Crippen molar-refractivity contribution in [2.75, 3.05) is 6.73 Å². The molecule has 16 rings (SSSR count). The van der Waals surface area contributed by atoms with Gasteiger partial charge in [0.15, 0.2) is 17.3 Å². The number of phenolic OH excluding ortho intramolecular Hbond substituents is 2. The highest BCUT2D eigenvalue weighted by Gasteiger charge is 2.39. The molecular weight excluding hydrogens is 1370 g/mol. The van der Waals surface area contributed by atoms with Gasteiger partial charge in [-0.3, -0.25) is 67.0 Å². The van der Waals surface area contributed by atoms with Crippen LogP contribution in [0.3, 0.4) is 0 Å². The number of aliphatic hydroxyl groups excluding tert-OH is 2. The third kappa shape index (κ3) is 17.5. The second kappa shape index (κ2) is 33.3. The maximum absolute atomic E-state index is 13.2. The zero-order valence-corrected chi connectivity index (χ0v) is 57.2. The number of Topliss-reactive ketones (excluding diaryl/α,β-unsaturated/α-hetero) is 3. The average Bonchev–Trinajstić information content (AvgIpc) is 1.54. The molecule has 26 heteroatoms. The van der Waals surface area contributed by atoms with Crippen molar-refractivity contribution in [3.63, 3.8) is 0 Å². The Hall–Kier alpha value is -12.2. The number of carbonyl (C=O) groups is 9. The van der Waals surface area contributed by atoms with E-state index in [0.29, 0.717) is 113 Å². The molecule has 0 spiro atoms.